The highest BCUT2D eigenvalue weighted by Gasteiger charge is 2.24. The summed E-state index contributed by atoms with van der Waals surface area (Å²) in [6, 6.07) is 4.05. The molecule has 0 bridgehead atoms. The van der Waals surface area contributed by atoms with Gasteiger partial charge in [0.25, 0.3) is 0 Å². The zero-order chi connectivity index (χ0) is 15.9. The first-order valence-corrected chi connectivity index (χ1v) is 7.02. The van der Waals surface area contributed by atoms with Crippen molar-refractivity contribution in [3.63, 3.8) is 0 Å². The molecule has 0 aliphatic rings. The van der Waals surface area contributed by atoms with E-state index in [0.717, 1.165) is 18.9 Å². The minimum absolute atomic E-state index is 0.0328. The Morgan fingerprint density at radius 1 is 1.24 bits per heavy atom. The first kappa shape index (κ1) is 17.2. The summed E-state index contributed by atoms with van der Waals surface area (Å²) >= 11 is 0. The summed E-state index contributed by atoms with van der Waals surface area (Å²) in [5.41, 5.74) is -0.284. The fraction of sp³-hybridized carbons (Fsp3) is 0.412. The summed E-state index contributed by atoms with van der Waals surface area (Å²) in [6.45, 7) is 3.87. The molecule has 0 saturated heterocycles. The molecule has 0 radical (unpaired) electrons. The number of hydrogen-bond acceptors (Lipinski definition) is 2. The van der Waals surface area contributed by atoms with Crippen molar-refractivity contribution in [2.75, 3.05) is 0 Å². The third kappa shape index (κ3) is 4.88. The third-order valence-electron chi connectivity index (χ3n) is 3.51. The van der Waals surface area contributed by atoms with E-state index in [1.807, 2.05) is 13.8 Å². The van der Waals surface area contributed by atoms with Crippen LogP contribution in [0.2, 0.25) is 0 Å². The quantitative estimate of drug-likeness (QED) is 0.314. The standard InChI is InChI=1S/C17H20F2O2/c1-3-4-8-17(2,9-13(11-20)12-21)10-14-6-5-7-15(18)16(14)19/h5-7,9,11-12H,3-4,8,10H2,1-2H3. The van der Waals surface area contributed by atoms with Crippen LogP contribution in [0.3, 0.4) is 0 Å². The Morgan fingerprint density at radius 2 is 1.90 bits per heavy atom. The van der Waals surface area contributed by atoms with Gasteiger partial charge in [0.05, 0.1) is 5.57 Å². The summed E-state index contributed by atoms with van der Waals surface area (Å²) in [7, 11) is 0. The maximum Gasteiger partial charge on any atom is 0.162 e. The van der Waals surface area contributed by atoms with Crippen LogP contribution in [-0.4, -0.2) is 12.6 Å². The highest BCUT2D eigenvalue weighted by Crippen LogP contribution is 2.32. The molecule has 0 aromatic heterocycles. The molecule has 1 unspecified atom stereocenters. The normalized spacial score (nSPS) is 13.3. The Labute approximate surface area is 123 Å². The fourth-order valence-corrected chi connectivity index (χ4v) is 2.41. The van der Waals surface area contributed by atoms with Gasteiger partial charge in [-0.1, -0.05) is 44.9 Å². The van der Waals surface area contributed by atoms with E-state index in [9.17, 15) is 18.4 Å². The molecule has 21 heavy (non-hydrogen) atoms. The summed E-state index contributed by atoms with van der Waals surface area (Å²) in [6.07, 6.45) is 5.26. The van der Waals surface area contributed by atoms with Gasteiger partial charge >= 0.3 is 0 Å². The minimum atomic E-state index is -0.889. The van der Waals surface area contributed by atoms with Crippen molar-refractivity contribution in [2.45, 2.75) is 39.5 Å². The SMILES string of the molecule is CCCCC(C)(C=C(C=O)C=O)Cc1cccc(F)c1F. The molecule has 114 valence electrons. The van der Waals surface area contributed by atoms with Gasteiger partial charge in [0, 0.05) is 0 Å². The molecule has 0 N–H and O–H groups in total. The van der Waals surface area contributed by atoms with Crippen LogP contribution >= 0.6 is 0 Å². The molecule has 1 rings (SSSR count). The number of aldehydes is 2. The number of allylic oxidation sites excluding steroid dienone is 2. The van der Waals surface area contributed by atoms with Gasteiger partial charge in [-0.25, -0.2) is 8.78 Å². The molecule has 0 aliphatic carbocycles. The Hall–Kier alpha value is -1.84. The number of benzene rings is 1. The van der Waals surface area contributed by atoms with Gasteiger partial charge < -0.3 is 0 Å². The molecular formula is C17H20F2O2. The Kier molecular flexibility index (Phi) is 6.40. The molecule has 4 heteroatoms. The van der Waals surface area contributed by atoms with E-state index in [4.69, 9.17) is 0 Å². The van der Waals surface area contributed by atoms with Crippen LogP contribution in [-0.2, 0) is 16.0 Å². The molecule has 0 fully saturated rings. The smallest absolute Gasteiger partial charge is 0.162 e. The Morgan fingerprint density at radius 3 is 2.48 bits per heavy atom. The number of hydrogen-bond donors (Lipinski definition) is 0. The monoisotopic (exact) mass is 294 g/mol. The first-order valence-electron chi connectivity index (χ1n) is 7.02. The van der Waals surface area contributed by atoms with Gasteiger partial charge in [0.2, 0.25) is 0 Å². The van der Waals surface area contributed by atoms with Crippen molar-refractivity contribution in [3.8, 4) is 0 Å². The molecule has 1 atom stereocenters. The van der Waals surface area contributed by atoms with Crippen molar-refractivity contribution in [1.82, 2.24) is 0 Å². The van der Waals surface area contributed by atoms with Crippen LogP contribution in [0.1, 0.15) is 38.7 Å². The summed E-state index contributed by atoms with van der Waals surface area (Å²) in [5.74, 6) is -1.76. The number of carbonyl (C=O) groups excluding carboxylic acids is 2. The van der Waals surface area contributed by atoms with E-state index in [2.05, 4.69) is 0 Å². The molecule has 1 aromatic carbocycles. The zero-order valence-electron chi connectivity index (χ0n) is 12.4. The van der Waals surface area contributed by atoms with E-state index in [-0.39, 0.29) is 17.6 Å². The predicted octanol–water partition coefficient (Wildman–Crippen LogP) is 4.03. The second kappa shape index (κ2) is 7.81. The fourth-order valence-electron chi connectivity index (χ4n) is 2.41. The molecule has 0 heterocycles. The van der Waals surface area contributed by atoms with Crippen molar-refractivity contribution in [1.29, 1.82) is 0 Å². The van der Waals surface area contributed by atoms with Gasteiger partial charge in [-0.15, -0.1) is 0 Å². The van der Waals surface area contributed by atoms with Crippen LogP contribution < -0.4 is 0 Å². The number of carbonyl (C=O) groups is 2. The lowest BCUT2D eigenvalue weighted by Gasteiger charge is -2.27. The van der Waals surface area contributed by atoms with Crippen molar-refractivity contribution in [2.24, 2.45) is 5.41 Å². The van der Waals surface area contributed by atoms with Crippen molar-refractivity contribution >= 4 is 12.6 Å². The van der Waals surface area contributed by atoms with Crippen LogP contribution in [0.5, 0.6) is 0 Å². The Bertz CT molecular complexity index is 528. The van der Waals surface area contributed by atoms with Gasteiger partial charge in [-0.3, -0.25) is 9.59 Å². The van der Waals surface area contributed by atoms with E-state index in [1.165, 1.54) is 12.1 Å². The molecule has 0 aliphatic heterocycles. The van der Waals surface area contributed by atoms with Crippen LogP contribution in [0.25, 0.3) is 0 Å². The number of rotatable bonds is 8. The molecular weight excluding hydrogens is 274 g/mol. The van der Waals surface area contributed by atoms with Gasteiger partial charge in [-0.2, -0.15) is 0 Å². The minimum Gasteiger partial charge on any atom is -0.298 e. The maximum atomic E-state index is 13.8. The first-order chi connectivity index (χ1) is 9.95. The largest absolute Gasteiger partial charge is 0.298 e. The maximum absolute atomic E-state index is 13.8. The number of unbranched alkanes of at least 4 members (excludes halogenated alkanes) is 1. The lowest BCUT2D eigenvalue weighted by atomic mass is 9.78. The third-order valence-corrected chi connectivity index (χ3v) is 3.51. The highest BCUT2D eigenvalue weighted by atomic mass is 19.2. The van der Waals surface area contributed by atoms with Gasteiger partial charge in [0.15, 0.2) is 24.2 Å². The van der Waals surface area contributed by atoms with E-state index in [1.54, 1.807) is 6.08 Å². The van der Waals surface area contributed by atoms with Crippen LogP contribution in [0.15, 0.2) is 29.8 Å². The van der Waals surface area contributed by atoms with Crippen molar-refractivity contribution in [3.05, 3.63) is 47.0 Å². The second-order valence-corrected chi connectivity index (χ2v) is 5.53. The van der Waals surface area contributed by atoms with Gasteiger partial charge in [-0.05, 0) is 29.9 Å². The Balaban J connectivity index is 3.12. The molecule has 1 aromatic rings. The second-order valence-electron chi connectivity index (χ2n) is 5.53. The van der Waals surface area contributed by atoms with E-state index in [0.29, 0.717) is 19.0 Å². The summed E-state index contributed by atoms with van der Waals surface area (Å²) in [4.78, 5) is 21.7. The van der Waals surface area contributed by atoms with Crippen molar-refractivity contribution < 1.29 is 18.4 Å². The van der Waals surface area contributed by atoms with Crippen LogP contribution in [0, 0.1) is 17.0 Å². The number of halogens is 2. The average molecular weight is 294 g/mol. The van der Waals surface area contributed by atoms with E-state index >= 15 is 0 Å². The molecule has 0 spiro atoms. The lowest BCUT2D eigenvalue weighted by Crippen LogP contribution is -2.19. The van der Waals surface area contributed by atoms with Crippen LogP contribution in [0.4, 0.5) is 8.78 Å². The molecule has 2 nitrogen and oxygen atoms in total. The zero-order valence-corrected chi connectivity index (χ0v) is 12.4. The average Bonchev–Trinajstić information content (AvgIpc) is 2.48. The predicted molar refractivity (Wildman–Crippen MR) is 77.9 cm³/mol. The molecule has 0 saturated carbocycles. The summed E-state index contributed by atoms with van der Waals surface area (Å²) < 4.78 is 27.1. The summed E-state index contributed by atoms with van der Waals surface area (Å²) in [5, 5.41) is 0. The highest BCUT2D eigenvalue weighted by molar-refractivity contribution is 5.99. The van der Waals surface area contributed by atoms with Gasteiger partial charge in [0.1, 0.15) is 0 Å². The lowest BCUT2D eigenvalue weighted by molar-refractivity contribution is -0.109. The topological polar surface area (TPSA) is 34.1 Å². The molecule has 0 amide bonds. The van der Waals surface area contributed by atoms with E-state index < -0.39 is 17.0 Å².